The van der Waals surface area contributed by atoms with Crippen LogP contribution in [0, 0.1) is 5.82 Å². The maximum absolute atomic E-state index is 13.8. The molecule has 1 aliphatic rings. The first-order chi connectivity index (χ1) is 8.82. The minimum atomic E-state index is -3.86. The van der Waals surface area contributed by atoms with E-state index in [4.69, 9.17) is 17.3 Å². The monoisotopic (exact) mass is 370 g/mol. The van der Waals surface area contributed by atoms with Gasteiger partial charge in [0.2, 0.25) is 10.0 Å². The third-order valence-electron chi connectivity index (χ3n) is 3.09. The van der Waals surface area contributed by atoms with E-state index in [1.54, 1.807) is 0 Å². The van der Waals surface area contributed by atoms with Crippen LogP contribution >= 0.6 is 27.5 Å². The molecule has 0 amide bonds. The number of halogens is 3. The molecule has 1 saturated heterocycles. The molecule has 4 nitrogen and oxygen atoms in total. The van der Waals surface area contributed by atoms with Crippen molar-refractivity contribution in [1.82, 2.24) is 4.31 Å². The summed E-state index contributed by atoms with van der Waals surface area (Å²) in [5, 5.41) is 0.161. The van der Waals surface area contributed by atoms with Gasteiger partial charge < -0.3 is 5.73 Å². The van der Waals surface area contributed by atoms with Gasteiger partial charge in [-0.2, -0.15) is 4.31 Å². The number of benzene rings is 1. The molecule has 2 N–H and O–H groups in total. The van der Waals surface area contributed by atoms with E-state index < -0.39 is 20.7 Å². The normalized spacial score (nSPS) is 18.7. The smallest absolute Gasteiger partial charge is 0.246 e. The van der Waals surface area contributed by atoms with Crippen LogP contribution in [-0.2, 0) is 10.0 Å². The Balaban J connectivity index is 2.37. The molecule has 0 radical (unpaired) electrons. The number of nitrogens with two attached hydrogens (primary N) is 1. The molecule has 0 saturated carbocycles. The lowest BCUT2D eigenvalue weighted by atomic mass is 10.1. The van der Waals surface area contributed by atoms with Gasteiger partial charge in [-0.05, 0) is 40.9 Å². The summed E-state index contributed by atoms with van der Waals surface area (Å²) < 4.78 is 40.1. The summed E-state index contributed by atoms with van der Waals surface area (Å²) in [6.45, 7) is 0.604. The van der Waals surface area contributed by atoms with Crippen LogP contribution in [0.5, 0.6) is 0 Å². The molecule has 8 heteroatoms. The van der Waals surface area contributed by atoms with E-state index in [1.807, 2.05) is 0 Å². The number of piperidine rings is 1. The molecule has 1 aromatic carbocycles. The number of nitrogens with zero attached hydrogens (tertiary/aromatic N) is 1. The van der Waals surface area contributed by atoms with Gasteiger partial charge in [-0.3, -0.25) is 0 Å². The topological polar surface area (TPSA) is 63.4 Å². The zero-order valence-corrected chi connectivity index (χ0v) is 13.1. The molecule has 1 heterocycles. The third kappa shape index (κ3) is 3.11. The minimum absolute atomic E-state index is 0.00445. The Morgan fingerprint density at radius 3 is 2.53 bits per heavy atom. The van der Waals surface area contributed by atoms with Crippen molar-refractivity contribution in [3.8, 4) is 0 Å². The van der Waals surface area contributed by atoms with Crippen LogP contribution < -0.4 is 5.73 Å². The standard InChI is InChI=1S/C11H13BrClFN2O2S/c12-8-5-10(14)11(6-9(8)13)19(17,18)16-3-1-7(15)2-4-16/h5-7H,1-4,15H2. The summed E-state index contributed by atoms with van der Waals surface area (Å²) >= 11 is 8.89. The van der Waals surface area contributed by atoms with Gasteiger partial charge in [0.05, 0.1) is 5.02 Å². The molecule has 1 aliphatic heterocycles. The first kappa shape index (κ1) is 15.2. The summed E-state index contributed by atoms with van der Waals surface area (Å²) in [5.41, 5.74) is 5.73. The number of sulfonamides is 1. The average molecular weight is 372 g/mol. The zero-order valence-electron chi connectivity index (χ0n) is 9.94. The lowest BCUT2D eigenvalue weighted by Crippen LogP contribution is -2.43. The van der Waals surface area contributed by atoms with Crippen LogP contribution in [0.3, 0.4) is 0 Å². The van der Waals surface area contributed by atoms with Crippen molar-refractivity contribution < 1.29 is 12.8 Å². The van der Waals surface area contributed by atoms with Crippen LogP contribution in [0.25, 0.3) is 0 Å². The second-order valence-electron chi connectivity index (χ2n) is 4.44. The van der Waals surface area contributed by atoms with Crippen LogP contribution in [-0.4, -0.2) is 31.9 Å². The Labute approximate surface area is 124 Å². The summed E-state index contributed by atoms with van der Waals surface area (Å²) in [5.74, 6) is -0.814. The molecule has 106 valence electrons. The van der Waals surface area contributed by atoms with Gasteiger partial charge in [-0.25, -0.2) is 12.8 Å². The highest BCUT2D eigenvalue weighted by Crippen LogP contribution is 2.30. The molecular weight excluding hydrogens is 359 g/mol. The number of hydrogen-bond acceptors (Lipinski definition) is 3. The van der Waals surface area contributed by atoms with Gasteiger partial charge in [-0.1, -0.05) is 11.6 Å². The van der Waals surface area contributed by atoms with Crippen LogP contribution in [0.1, 0.15) is 12.8 Å². The van der Waals surface area contributed by atoms with E-state index in [-0.39, 0.29) is 11.1 Å². The highest BCUT2D eigenvalue weighted by Gasteiger charge is 2.31. The molecule has 0 aromatic heterocycles. The third-order valence-corrected chi connectivity index (χ3v) is 6.20. The van der Waals surface area contributed by atoms with Gasteiger partial charge in [0.25, 0.3) is 0 Å². The van der Waals surface area contributed by atoms with Crippen molar-refractivity contribution in [2.24, 2.45) is 5.73 Å². The average Bonchev–Trinajstić information content (AvgIpc) is 2.34. The van der Waals surface area contributed by atoms with Crippen LogP contribution in [0.2, 0.25) is 5.02 Å². The van der Waals surface area contributed by atoms with E-state index in [2.05, 4.69) is 15.9 Å². The zero-order chi connectivity index (χ0) is 14.2. The molecule has 0 spiro atoms. The summed E-state index contributed by atoms with van der Waals surface area (Å²) in [4.78, 5) is -0.392. The highest BCUT2D eigenvalue weighted by molar-refractivity contribution is 9.10. The van der Waals surface area contributed by atoms with E-state index in [0.29, 0.717) is 30.4 Å². The van der Waals surface area contributed by atoms with Gasteiger partial charge in [0, 0.05) is 23.6 Å². The van der Waals surface area contributed by atoms with E-state index in [9.17, 15) is 12.8 Å². The Morgan fingerprint density at radius 1 is 1.37 bits per heavy atom. The molecule has 0 unspecified atom stereocenters. The molecule has 2 rings (SSSR count). The maximum Gasteiger partial charge on any atom is 0.246 e. The van der Waals surface area contributed by atoms with Gasteiger partial charge in [-0.15, -0.1) is 0 Å². The summed E-state index contributed by atoms with van der Waals surface area (Å²) in [7, 11) is -3.86. The minimum Gasteiger partial charge on any atom is -0.328 e. The lowest BCUT2D eigenvalue weighted by molar-refractivity contribution is 0.319. The van der Waals surface area contributed by atoms with Crippen molar-refractivity contribution in [2.45, 2.75) is 23.8 Å². The summed E-state index contributed by atoms with van der Waals surface area (Å²) in [6, 6.07) is 2.19. The molecule has 1 fully saturated rings. The first-order valence-electron chi connectivity index (χ1n) is 5.72. The Bertz CT molecular complexity index is 589. The SMILES string of the molecule is NC1CCN(S(=O)(=O)c2cc(Cl)c(Br)cc2F)CC1. The fourth-order valence-electron chi connectivity index (χ4n) is 1.96. The Hall–Kier alpha value is -0.210. The number of hydrogen-bond donors (Lipinski definition) is 1. The second kappa shape index (κ2) is 5.65. The quantitative estimate of drug-likeness (QED) is 0.812. The molecule has 1 aromatic rings. The molecule has 0 atom stereocenters. The molecule has 0 bridgehead atoms. The maximum atomic E-state index is 13.8. The second-order valence-corrected chi connectivity index (χ2v) is 7.61. The van der Waals surface area contributed by atoms with Crippen molar-refractivity contribution in [2.75, 3.05) is 13.1 Å². The highest BCUT2D eigenvalue weighted by atomic mass is 79.9. The molecule has 0 aliphatic carbocycles. The summed E-state index contributed by atoms with van der Waals surface area (Å²) in [6.07, 6.45) is 1.15. The van der Waals surface area contributed by atoms with E-state index >= 15 is 0 Å². The lowest BCUT2D eigenvalue weighted by Gasteiger charge is -2.29. The van der Waals surface area contributed by atoms with Crippen LogP contribution in [0.15, 0.2) is 21.5 Å². The van der Waals surface area contributed by atoms with Gasteiger partial charge >= 0.3 is 0 Å². The largest absolute Gasteiger partial charge is 0.328 e. The van der Waals surface area contributed by atoms with Crippen molar-refractivity contribution >= 4 is 37.6 Å². The fraction of sp³-hybridized carbons (Fsp3) is 0.455. The first-order valence-corrected chi connectivity index (χ1v) is 8.33. The molecule has 19 heavy (non-hydrogen) atoms. The van der Waals surface area contributed by atoms with Crippen LogP contribution in [0.4, 0.5) is 4.39 Å². The van der Waals surface area contributed by atoms with Gasteiger partial charge in [0.1, 0.15) is 10.7 Å². The Kier molecular flexibility index (Phi) is 4.52. The molecular formula is C11H13BrClFN2O2S. The predicted molar refractivity (Wildman–Crippen MR) is 75.1 cm³/mol. The Morgan fingerprint density at radius 2 is 1.95 bits per heavy atom. The van der Waals surface area contributed by atoms with Crippen molar-refractivity contribution in [1.29, 1.82) is 0 Å². The van der Waals surface area contributed by atoms with Crippen molar-refractivity contribution in [3.05, 3.63) is 27.4 Å². The van der Waals surface area contributed by atoms with Gasteiger partial charge in [0.15, 0.2) is 0 Å². The number of rotatable bonds is 2. The fourth-order valence-corrected chi connectivity index (χ4v) is 4.04. The van der Waals surface area contributed by atoms with Crippen molar-refractivity contribution in [3.63, 3.8) is 0 Å². The van der Waals surface area contributed by atoms with E-state index in [1.165, 1.54) is 4.31 Å². The van der Waals surface area contributed by atoms with E-state index in [0.717, 1.165) is 12.1 Å². The predicted octanol–water partition coefficient (Wildman–Crippen LogP) is 2.35.